The van der Waals surface area contributed by atoms with Gasteiger partial charge in [0, 0.05) is 32.8 Å². The molecule has 0 aliphatic carbocycles. The number of nitrogens with zero attached hydrogens (tertiary/aromatic N) is 4. The van der Waals surface area contributed by atoms with E-state index in [1.54, 1.807) is 17.0 Å². The summed E-state index contributed by atoms with van der Waals surface area (Å²) in [5.41, 5.74) is 0.433. The summed E-state index contributed by atoms with van der Waals surface area (Å²) in [6.07, 6.45) is 1.87. The van der Waals surface area contributed by atoms with Crippen molar-refractivity contribution in [3.63, 3.8) is 0 Å². The number of piperazine rings is 1. The Balaban J connectivity index is 1.28. The molecule has 0 radical (unpaired) electrons. The Hall–Kier alpha value is -2.15. The maximum absolute atomic E-state index is 12.7. The summed E-state index contributed by atoms with van der Waals surface area (Å²) in [5, 5.41) is 6.93. The number of H-pyrrole nitrogens is 1. The Bertz CT molecular complexity index is 1070. The minimum Gasteiger partial charge on any atom is -0.376 e. The fraction of sp³-hybridized carbons (Fsp3) is 0.550. The van der Waals surface area contributed by atoms with E-state index in [9.17, 15) is 18.0 Å². The average molecular weight is 482 g/mol. The van der Waals surface area contributed by atoms with Crippen molar-refractivity contribution in [2.24, 2.45) is 0 Å². The van der Waals surface area contributed by atoms with Crippen molar-refractivity contribution in [1.82, 2.24) is 24.0 Å². The van der Waals surface area contributed by atoms with Crippen LogP contribution < -0.4 is 5.69 Å². The molecule has 1 N–H and O–H groups in total. The predicted octanol–water partition coefficient (Wildman–Crippen LogP) is 0.517. The maximum Gasteiger partial charge on any atom is 0.344 e. The van der Waals surface area contributed by atoms with Gasteiger partial charge in [0.05, 0.1) is 24.2 Å². The molecule has 3 heterocycles. The standard InChI is InChI=1S/C20H27N5O5S2/c26-18(14-31-20-22-21-19(27)25(20)13-17-7-4-12-30-17)23-8-10-24(11-9-23)32(28,29)15-16-5-2-1-3-6-16/h1-3,5-6,17H,4,7-15H2,(H,21,27). The van der Waals surface area contributed by atoms with Gasteiger partial charge in [-0.2, -0.15) is 4.31 Å². The number of nitrogens with one attached hydrogen (secondary N) is 1. The third-order valence-electron chi connectivity index (χ3n) is 5.63. The number of amides is 1. The zero-order valence-electron chi connectivity index (χ0n) is 17.7. The van der Waals surface area contributed by atoms with Gasteiger partial charge in [0.2, 0.25) is 15.9 Å². The first-order valence-electron chi connectivity index (χ1n) is 10.6. The molecule has 2 saturated heterocycles. The summed E-state index contributed by atoms with van der Waals surface area (Å²) in [4.78, 5) is 26.4. The van der Waals surface area contributed by atoms with Gasteiger partial charge in [-0.25, -0.2) is 18.3 Å². The molecular weight excluding hydrogens is 454 g/mol. The van der Waals surface area contributed by atoms with Gasteiger partial charge in [-0.15, -0.1) is 5.10 Å². The zero-order chi connectivity index (χ0) is 22.6. The molecule has 0 bridgehead atoms. The van der Waals surface area contributed by atoms with E-state index in [4.69, 9.17) is 4.74 Å². The monoisotopic (exact) mass is 481 g/mol. The summed E-state index contributed by atoms with van der Waals surface area (Å²) >= 11 is 1.20. The lowest BCUT2D eigenvalue weighted by molar-refractivity contribution is -0.129. The molecule has 2 fully saturated rings. The second kappa shape index (κ2) is 10.2. The second-order valence-electron chi connectivity index (χ2n) is 7.87. The Morgan fingerprint density at radius 1 is 1.19 bits per heavy atom. The van der Waals surface area contributed by atoms with Crippen LogP contribution in [0.2, 0.25) is 0 Å². The van der Waals surface area contributed by atoms with E-state index in [1.807, 2.05) is 18.2 Å². The molecule has 2 aromatic rings. The van der Waals surface area contributed by atoms with Crippen molar-refractivity contribution < 1.29 is 17.9 Å². The number of thioether (sulfide) groups is 1. The minimum absolute atomic E-state index is 0.00809. The molecule has 1 amide bonds. The molecule has 0 saturated carbocycles. The number of hydrogen-bond donors (Lipinski definition) is 1. The normalized spacial score (nSPS) is 20.0. The molecule has 1 atom stereocenters. The van der Waals surface area contributed by atoms with Crippen LogP contribution >= 0.6 is 11.8 Å². The average Bonchev–Trinajstić information content (AvgIpc) is 3.43. The first-order valence-corrected chi connectivity index (χ1v) is 13.2. The van der Waals surface area contributed by atoms with Crippen molar-refractivity contribution in [1.29, 1.82) is 0 Å². The molecule has 1 aromatic heterocycles. The number of aromatic nitrogens is 3. The smallest absolute Gasteiger partial charge is 0.344 e. The van der Waals surface area contributed by atoms with E-state index in [0.717, 1.165) is 18.4 Å². The summed E-state index contributed by atoms with van der Waals surface area (Å²) in [5.74, 6) is -0.0137. The van der Waals surface area contributed by atoms with E-state index < -0.39 is 10.0 Å². The summed E-state index contributed by atoms with van der Waals surface area (Å²) in [6.45, 7) is 2.36. The Kier molecular flexibility index (Phi) is 7.33. The van der Waals surface area contributed by atoms with Crippen molar-refractivity contribution >= 4 is 27.7 Å². The third kappa shape index (κ3) is 5.61. The van der Waals surface area contributed by atoms with Crippen LogP contribution in [0.3, 0.4) is 0 Å². The number of hydrogen-bond acceptors (Lipinski definition) is 7. The van der Waals surface area contributed by atoms with Crippen LogP contribution in [0.25, 0.3) is 0 Å². The van der Waals surface area contributed by atoms with Crippen LogP contribution in [0.15, 0.2) is 40.3 Å². The molecule has 10 nitrogen and oxygen atoms in total. The molecule has 0 spiro atoms. The lowest BCUT2D eigenvalue weighted by Gasteiger charge is -2.34. The summed E-state index contributed by atoms with van der Waals surface area (Å²) < 4.78 is 33.9. The van der Waals surface area contributed by atoms with Gasteiger partial charge in [-0.3, -0.25) is 9.36 Å². The van der Waals surface area contributed by atoms with Gasteiger partial charge in [0.25, 0.3) is 0 Å². The number of carbonyl (C=O) groups excluding carboxylic acids is 1. The van der Waals surface area contributed by atoms with E-state index in [1.165, 1.54) is 20.6 Å². The van der Waals surface area contributed by atoms with E-state index in [2.05, 4.69) is 10.2 Å². The number of sulfonamides is 1. The topological polar surface area (TPSA) is 118 Å². The first kappa shape index (κ1) is 23.0. The molecule has 32 heavy (non-hydrogen) atoms. The molecular formula is C20H27N5O5S2. The van der Waals surface area contributed by atoms with Crippen LogP contribution in [-0.2, 0) is 31.9 Å². The molecule has 1 unspecified atom stereocenters. The molecule has 2 aliphatic heterocycles. The maximum atomic E-state index is 12.7. The van der Waals surface area contributed by atoms with Gasteiger partial charge in [0.1, 0.15) is 0 Å². The van der Waals surface area contributed by atoms with Crippen LogP contribution in [0.1, 0.15) is 18.4 Å². The SMILES string of the molecule is O=C(CSc1n[nH]c(=O)n1CC1CCCO1)N1CCN(S(=O)(=O)Cc2ccccc2)CC1. The number of ether oxygens (including phenoxy) is 1. The molecule has 1 aromatic carbocycles. The Labute approximate surface area is 191 Å². The lowest BCUT2D eigenvalue weighted by atomic mass is 10.2. The largest absolute Gasteiger partial charge is 0.376 e. The molecule has 2 aliphatic rings. The third-order valence-corrected chi connectivity index (χ3v) is 8.45. The fourth-order valence-electron chi connectivity index (χ4n) is 3.88. The van der Waals surface area contributed by atoms with Gasteiger partial charge < -0.3 is 9.64 Å². The first-order chi connectivity index (χ1) is 15.4. The van der Waals surface area contributed by atoms with Crippen LogP contribution in [0.4, 0.5) is 0 Å². The number of rotatable bonds is 8. The molecule has 174 valence electrons. The van der Waals surface area contributed by atoms with E-state index in [-0.39, 0.29) is 42.3 Å². The van der Waals surface area contributed by atoms with Crippen LogP contribution in [0.5, 0.6) is 0 Å². The predicted molar refractivity (Wildman–Crippen MR) is 120 cm³/mol. The Morgan fingerprint density at radius 2 is 1.94 bits per heavy atom. The van der Waals surface area contributed by atoms with Crippen molar-refractivity contribution in [3.05, 3.63) is 46.4 Å². The lowest BCUT2D eigenvalue weighted by Crippen LogP contribution is -2.51. The van der Waals surface area contributed by atoms with E-state index >= 15 is 0 Å². The summed E-state index contributed by atoms with van der Waals surface area (Å²) in [7, 11) is -3.43. The van der Waals surface area contributed by atoms with Crippen molar-refractivity contribution in [2.45, 2.75) is 36.4 Å². The van der Waals surface area contributed by atoms with Crippen molar-refractivity contribution in [2.75, 3.05) is 38.5 Å². The highest BCUT2D eigenvalue weighted by molar-refractivity contribution is 7.99. The van der Waals surface area contributed by atoms with Gasteiger partial charge in [0.15, 0.2) is 5.16 Å². The quantitative estimate of drug-likeness (QED) is 0.546. The van der Waals surface area contributed by atoms with Gasteiger partial charge >= 0.3 is 5.69 Å². The highest BCUT2D eigenvalue weighted by Crippen LogP contribution is 2.19. The molecule has 12 heteroatoms. The fourth-order valence-corrected chi connectivity index (χ4v) is 6.25. The minimum atomic E-state index is -3.43. The number of aromatic amines is 1. The zero-order valence-corrected chi connectivity index (χ0v) is 19.3. The van der Waals surface area contributed by atoms with Crippen LogP contribution in [-0.4, -0.2) is 82.9 Å². The van der Waals surface area contributed by atoms with Crippen LogP contribution in [0, 0.1) is 0 Å². The van der Waals surface area contributed by atoms with Gasteiger partial charge in [-0.05, 0) is 18.4 Å². The summed E-state index contributed by atoms with van der Waals surface area (Å²) in [6, 6.07) is 9.07. The number of carbonyl (C=O) groups is 1. The highest BCUT2D eigenvalue weighted by atomic mass is 32.2. The van der Waals surface area contributed by atoms with E-state index in [0.29, 0.717) is 31.4 Å². The Morgan fingerprint density at radius 3 is 2.62 bits per heavy atom. The molecule has 4 rings (SSSR count). The van der Waals surface area contributed by atoms with Crippen molar-refractivity contribution in [3.8, 4) is 0 Å². The van der Waals surface area contributed by atoms with Gasteiger partial charge in [-0.1, -0.05) is 42.1 Å². The highest BCUT2D eigenvalue weighted by Gasteiger charge is 2.29. The second-order valence-corrected chi connectivity index (χ2v) is 10.8. The number of benzene rings is 1.